The number of pyridine rings is 1. The first kappa shape index (κ1) is 14.2. The summed E-state index contributed by atoms with van der Waals surface area (Å²) in [5.41, 5.74) is 4.74. The lowest BCUT2D eigenvalue weighted by Crippen LogP contribution is -2.01. The van der Waals surface area contributed by atoms with E-state index in [-0.39, 0.29) is 0 Å². The average Bonchev–Trinajstić information content (AvgIpc) is 3.04. The molecular formula is C18H18N4S. The van der Waals surface area contributed by atoms with E-state index in [9.17, 15) is 0 Å². The monoisotopic (exact) mass is 322 g/mol. The highest BCUT2D eigenvalue weighted by Gasteiger charge is 2.15. The standard InChI is InChI=1S/C18H18N4S/c1-11-4-7-13(8-5-11)10-19-17-16-15(22(3)21-17)14-9-6-12(2)20-18(14)23-16/h4-9H,10H2,1-3H3,(H,19,21). The van der Waals surface area contributed by atoms with Crippen LogP contribution in [0.3, 0.4) is 0 Å². The van der Waals surface area contributed by atoms with Gasteiger partial charge < -0.3 is 5.32 Å². The fourth-order valence-corrected chi connectivity index (χ4v) is 4.00. The Bertz CT molecular complexity index is 995. The minimum atomic E-state index is 0.771. The van der Waals surface area contributed by atoms with Crippen molar-refractivity contribution in [3.8, 4) is 0 Å². The lowest BCUT2D eigenvalue weighted by molar-refractivity contribution is 0.799. The topological polar surface area (TPSA) is 42.7 Å². The number of nitrogens with zero attached hydrogens (tertiary/aromatic N) is 3. The highest BCUT2D eigenvalue weighted by molar-refractivity contribution is 7.26. The van der Waals surface area contributed by atoms with Crippen molar-refractivity contribution in [1.29, 1.82) is 0 Å². The predicted octanol–water partition coefficient (Wildman–Crippen LogP) is 4.41. The molecule has 23 heavy (non-hydrogen) atoms. The molecule has 116 valence electrons. The van der Waals surface area contributed by atoms with Gasteiger partial charge >= 0.3 is 0 Å². The van der Waals surface area contributed by atoms with Crippen LogP contribution in [0, 0.1) is 13.8 Å². The molecule has 0 bridgehead atoms. The van der Waals surface area contributed by atoms with E-state index in [0.717, 1.165) is 28.4 Å². The van der Waals surface area contributed by atoms with Crippen LogP contribution in [0.5, 0.6) is 0 Å². The lowest BCUT2D eigenvalue weighted by atomic mass is 10.1. The van der Waals surface area contributed by atoms with Gasteiger partial charge in [0.25, 0.3) is 0 Å². The molecule has 5 heteroatoms. The van der Waals surface area contributed by atoms with Crippen molar-refractivity contribution in [2.24, 2.45) is 7.05 Å². The van der Waals surface area contributed by atoms with Gasteiger partial charge in [0.15, 0.2) is 5.82 Å². The van der Waals surface area contributed by atoms with E-state index in [2.05, 4.69) is 58.7 Å². The van der Waals surface area contributed by atoms with Crippen molar-refractivity contribution in [3.05, 3.63) is 53.2 Å². The van der Waals surface area contributed by atoms with Crippen LogP contribution in [0.4, 0.5) is 5.82 Å². The normalized spacial score (nSPS) is 11.4. The maximum atomic E-state index is 4.64. The number of rotatable bonds is 3. The SMILES string of the molecule is Cc1ccc(CNc2nn(C)c3c2sc2nc(C)ccc23)cc1. The zero-order valence-electron chi connectivity index (χ0n) is 13.4. The summed E-state index contributed by atoms with van der Waals surface area (Å²) in [5, 5.41) is 9.29. The number of hydrogen-bond acceptors (Lipinski definition) is 4. The fraction of sp³-hybridized carbons (Fsp3) is 0.222. The molecular weight excluding hydrogens is 304 g/mol. The number of thiophene rings is 1. The van der Waals surface area contributed by atoms with E-state index >= 15 is 0 Å². The van der Waals surface area contributed by atoms with Gasteiger partial charge in [0.1, 0.15) is 4.83 Å². The molecule has 4 rings (SSSR count). The maximum Gasteiger partial charge on any atom is 0.166 e. The minimum Gasteiger partial charge on any atom is -0.363 e. The minimum absolute atomic E-state index is 0.771. The van der Waals surface area contributed by atoms with E-state index in [4.69, 9.17) is 0 Å². The summed E-state index contributed by atoms with van der Waals surface area (Å²) in [6.07, 6.45) is 0. The molecule has 4 aromatic rings. The molecule has 3 aromatic heterocycles. The van der Waals surface area contributed by atoms with Gasteiger partial charge in [0.2, 0.25) is 0 Å². The third-order valence-corrected chi connectivity index (χ3v) is 5.13. The molecule has 0 spiro atoms. The van der Waals surface area contributed by atoms with Crippen LogP contribution in [0.2, 0.25) is 0 Å². The van der Waals surface area contributed by atoms with Crippen LogP contribution in [0.25, 0.3) is 20.4 Å². The Labute approximate surface area is 138 Å². The first-order chi connectivity index (χ1) is 11.1. The number of anilines is 1. The van der Waals surface area contributed by atoms with Crippen LogP contribution < -0.4 is 5.32 Å². The van der Waals surface area contributed by atoms with E-state index in [1.54, 1.807) is 11.3 Å². The van der Waals surface area contributed by atoms with Crippen molar-refractivity contribution in [2.75, 3.05) is 5.32 Å². The lowest BCUT2D eigenvalue weighted by Gasteiger charge is -2.03. The Morgan fingerprint density at radius 3 is 2.65 bits per heavy atom. The third-order valence-electron chi connectivity index (χ3n) is 4.04. The van der Waals surface area contributed by atoms with Crippen molar-refractivity contribution >= 4 is 37.6 Å². The smallest absolute Gasteiger partial charge is 0.166 e. The predicted molar refractivity (Wildman–Crippen MR) is 97.1 cm³/mol. The Morgan fingerprint density at radius 1 is 1.09 bits per heavy atom. The zero-order chi connectivity index (χ0) is 16.0. The van der Waals surface area contributed by atoms with Gasteiger partial charge in [0, 0.05) is 24.7 Å². The van der Waals surface area contributed by atoms with Crippen LogP contribution in [-0.4, -0.2) is 14.8 Å². The van der Waals surface area contributed by atoms with Gasteiger partial charge in [-0.2, -0.15) is 5.10 Å². The molecule has 0 unspecified atom stereocenters. The quantitative estimate of drug-likeness (QED) is 0.607. The summed E-state index contributed by atoms with van der Waals surface area (Å²) < 4.78 is 3.12. The number of hydrogen-bond donors (Lipinski definition) is 1. The Balaban J connectivity index is 1.72. The van der Waals surface area contributed by atoms with Gasteiger partial charge in [-0.15, -0.1) is 11.3 Å². The molecule has 3 heterocycles. The number of nitrogens with one attached hydrogen (secondary N) is 1. The van der Waals surface area contributed by atoms with Crippen molar-refractivity contribution in [1.82, 2.24) is 14.8 Å². The van der Waals surface area contributed by atoms with Crippen molar-refractivity contribution in [2.45, 2.75) is 20.4 Å². The number of fused-ring (bicyclic) bond motifs is 3. The summed E-state index contributed by atoms with van der Waals surface area (Å²) in [6, 6.07) is 12.8. The molecule has 0 aliphatic rings. The summed E-state index contributed by atoms with van der Waals surface area (Å²) in [6.45, 7) is 4.90. The van der Waals surface area contributed by atoms with E-state index in [1.807, 2.05) is 18.7 Å². The number of aryl methyl sites for hydroxylation is 3. The molecule has 0 fully saturated rings. The molecule has 0 amide bonds. The molecule has 0 atom stereocenters. The Kier molecular flexibility index (Phi) is 3.31. The second-order valence-electron chi connectivity index (χ2n) is 5.90. The van der Waals surface area contributed by atoms with Crippen LogP contribution in [0.15, 0.2) is 36.4 Å². The summed E-state index contributed by atoms with van der Waals surface area (Å²) in [4.78, 5) is 5.72. The van der Waals surface area contributed by atoms with Gasteiger partial charge in [-0.25, -0.2) is 4.98 Å². The van der Waals surface area contributed by atoms with Crippen molar-refractivity contribution < 1.29 is 0 Å². The van der Waals surface area contributed by atoms with E-state index < -0.39 is 0 Å². The molecule has 0 aliphatic heterocycles. The molecule has 1 aromatic carbocycles. The van der Waals surface area contributed by atoms with Crippen LogP contribution in [-0.2, 0) is 13.6 Å². The Morgan fingerprint density at radius 2 is 1.87 bits per heavy atom. The second-order valence-corrected chi connectivity index (χ2v) is 6.90. The van der Waals surface area contributed by atoms with Gasteiger partial charge in [0.05, 0.1) is 10.2 Å². The number of benzene rings is 1. The molecule has 0 saturated heterocycles. The largest absolute Gasteiger partial charge is 0.363 e. The first-order valence-corrected chi connectivity index (χ1v) is 8.46. The van der Waals surface area contributed by atoms with Gasteiger partial charge in [-0.1, -0.05) is 29.8 Å². The molecule has 0 aliphatic carbocycles. The average molecular weight is 322 g/mol. The molecule has 4 nitrogen and oxygen atoms in total. The summed E-state index contributed by atoms with van der Waals surface area (Å²) in [7, 11) is 1.99. The highest BCUT2D eigenvalue weighted by Crippen LogP contribution is 2.37. The number of aromatic nitrogens is 3. The van der Waals surface area contributed by atoms with Crippen LogP contribution >= 0.6 is 11.3 Å². The van der Waals surface area contributed by atoms with E-state index in [1.165, 1.54) is 21.2 Å². The fourth-order valence-electron chi connectivity index (χ4n) is 2.79. The third kappa shape index (κ3) is 2.47. The first-order valence-electron chi connectivity index (χ1n) is 7.64. The zero-order valence-corrected chi connectivity index (χ0v) is 14.2. The summed E-state index contributed by atoms with van der Waals surface area (Å²) >= 11 is 1.70. The van der Waals surface area contributed by atoms with Gasteiger partial charge in [-0.05, 0) is 31.5 Å². The van der Waals surface area contributed by atoms with E-state index in [0.29, 0.717) is 0 Å². The Hall–Kier alpha value is -2.40. The van der Waals surface area contributed by atoms with Crippen molar-refractivity contribution in [3.63, 3.8) is 0 Å². The highest BCUT2D eigenvalue weighted by atomic mass is 32.1. The maximum absolute atomic E-state index is 4.64. The summed E-state index contributed by atoms with van der Waals surface area (Å²) in [5.74, 6) is 0.934. The molecule has 0 saturated carbocycles. The second kappa shape index (κ2) is 5.35. The molecule has 1 N–H and O–H groups in total. The molecule has 0 radical (unpaired) electrons. The van der Waals surface area contributed by atoms with Gasteiger partial charge in [-0.3, -0.25) is 4.68 Å². The van der Waals surface area contributed by atoms with Crippen LogP contribution in [0.1, 0.15) is 16.8 Å².